The van der Waals surface area contributed by atoms with Crippen LogP contribution in [0.25, 0.3) is 88.0 Å². The first-order valence-electron chi connectivity index (χ1n) is 19.3. The molecule has 0 saturated heterocycles. The smallest absolute Gasteiger partial charge is 0.0158 e. The second-order valence-corrected chi connectivity index (χ2v) is 16.5. The van der Waals surface area contributed by atoms with Crippen molar-refractivity contribution < 1.29 is 0 Å². The molecule has 9 aromatic carbocycles. The van der Waals surface area contributed by atoms with Crippen LogP contribution < -0.4 is 0 Å². The summed E-state index contributed by atoms with van der Waals surface area (Å²) in [5.41, 5.74) is 18.7. The van der Waals surface area contributed by atoms with Gasteiger partial charge in [0, 0.05) is 10.8 Å². The Morgan fingerprint density at radius 2 is 0.741 bits per heavy atom. The molecule has 0 N–H and O–H groups in total. The van der Waals surface area contributed by atoms with Gasteiger partial charge in [-0.05, 0) is 128 Å². The molecule has 0 radical (unpaired) electrons. The minimum Gasteiger partial charge on any atom is -0.0619 e. The van der Waals surface area contributed by atoms with E-state index in [1.807, 2.05) is 0 Å². The van der Waals surface area contributed by atoms with Crippen LogP contribution in [-0.4, -0.2) is 0 Å². The van der Waals surface area contributed by atoms with Crippen LogP contribution >= 0.6 is 0 Å². The number of fused-ring (bicyclic) bond motifs is 9. The highest BCUT2D eigenvalue weighted by molar-refractivity contribution is 6.21. The van der Waals surface area contributed by atoms with E-state index in [9.17, 15) is 0 Å². The summed E-state index contributed by atoms with van der Waals surface area (Å²) >= 11 is 0. The maximum atomic E-state index is 2.53. The highest BCUT2D eigenvalue weighted by Gasteiger charge is 2.41. The summed E-state index contributed by atoms with van der Waals surface area (Å²) in [5.74, 6) is 0. The van der Waals surface area contributed by atoms with E-state index >= 15 is 0 Å². The molecule has 0 atom stereocenters. The molecule has 0 heterocycles. The van der Waals surface area contributed by atoms with E-state index in [1.54, 1.807) is 0 Å². The van der Waals surface area contributed by atoms with Gasteiger partial charge in [-0.1, -0.05) is 179 Å². The summed E-state index contributed by atoms with van der Waals surface area (Å²) in [5, 5.41) is 7.65. The van der Waals surface area contributed by atoms with Gasteiger partial charge in [-0.3, -0.25) is 0 Å². The molecule has 0 nitrogen and oxygen atoms in total. The van der Waals surface area contributed by atoms with Crippen molar-refractivity contribution in [3.63, 3.8) is 0 Å². The Kier molecular flexibility index (Phi) is 6.46. The molecule has 2 aliphatic carbocycles. The predicted octanol–water partition coefficient (Wildman–Crippen LogP) is 14.8. The van der Waals surface area contributed by atoms with E-state index in [0.29, 0.717) is 0 Å². The Bertz CT molecular complexity index is 2970. The van der Waals surface area contributed by atoms with Crippen LogP contribution in [0.1, 0.15) is 49.9 Å². The highest BCUT2D eigenvalue weighted by Crippen LogP contribution is 2.56. The van der Waals surface area contributed by atoms with Gasteiger partial charge in [0.1, 0.15) is 0 Å². The van der Waals surface area contributed by atoms with Crippen molar-refractivity contribution in [3.05, 3.63) is 192 Å². The van der Waals surface area contributed by atoms with Gasteiger partial charge >= 0.3 is 0 Å². The van der Waals surface area contributed by atoms with E-state index in [4.69, 9.17) is 0 Å². The fourth-order valence-corrected chi connectivity index (χ4v) is 10.0. The zero-order chi connectivity index (χ0) is 36.3. The van der Waals surface area contributed by atoms with E-state index in [-0.39, 0.29) is 10.8 Å². The van der Waals surface area contributed by atoms with Crippen molar-refractivity contribution in [2.24, 2.45) is 0 Å². The standard InChI is InChI=1S/C54H40/c1-53(2)47-20-12-11-15-39(47)45-31-46-44-30-37(27-28-48(44)54(3,4)50(46)32-49(45)53)34-21-24-35(25-22-34)51-40-16-7-9-18-42(40)52(43-19-10-8-17-41(43)51)38-26-23-33-13-5-6-14-36(33)29-38/h5-32H,1-4H3. The van der Waals surface area contributed by atoms with Gasteiger partial charge < -0.3 is 0 Å². The van der Waals surface area contributed by atoms with E-state index in [2.05, 4.69) is 198 Å². The second-order valence-electron chi connectivity index (χ2n) is 16.5. The maximum Gasteiger partial charge on any atom is 0.0158 e. The molecule has 0 fully saturated rings. The van der Waals surface area contributed by atoms with Crippen molar-refractivity contribution in [3.8, 4) is 55.6 Å². The van der Waals surface area contributed by atoms with Crippen LogP contribution in [-0.2, 0) is 10.8 Å². The molecule has 0 saturated carbocycles. The first-order valence-corrected chi connectivity index (χ1v) is 19.3. The summed E-state index contributed by atoms with van der Waals surface area (Å²) in [6, 6.07) is 63.9. The molecule has 9 aromatic rings. The largest absolute Gasteiger partial charge is 0.0619 e. The Morgan fingerprint density at radius 3 is 1.41 bits per heavy atom. The van der Waals surface area contributed by atoms with Gasteiger partial charge in [0.15, 0.2) is 0 Å². The first-order chi connectivity index (χ1) is 26.3. The number of hydrogen-bond donors (Lipinski definition) is 0. The Balaban J connectivity index is 1.03. The summed E-state index contributed by atoms with van der Waals surface area (Å²) in [7, 11) is 0. The summed E-state index contributed by atoms with van der Waals surface area (Å²) in [4.78, 5) is 0. The van der Waals surface area contributed by atoms with Gasteiger partial charge in [-0.25, -0.2) is 0 Å². The molecule has 0 spiro atoms. The molecular formula is C54H40. The molecule has 0 amide bonds. The third kappa shape index (κ3) is 4.32. The lowest BCUT2D eigenvalue weighted by Gasteiger charge is -2.25. The number of rotatable bonds is 3. The summed E-state index contributed by atoms with van der Waals surface area (Å²) in [6.07, 6.45) is 0. The lowest BCUT2D eigenvalue weighted by Crippen LogP contribution is -2.18. The van der Waals surface area contributed by atoms with Gasteiger partial charge in [-0.2, -0.15) is 0 Å². The summed E-state index contributed by atoms with van der Waals surface area (Å²) < 4.78 is 0. The third-order valence-corrected chi connectivity index (χ3v) is 12.9. The van der Waals surface area contributed by atoms with Gasteiger partial charge in [-0.15, -0.1) is 0 Å². The van der Waals surface area contributed by atoms with Crippen LogP contribution in [0.4, 0.5) is 0 Å². The SMILES string of the molecule is CC1(C)c2ccccc2-c2cc3c(cc21)C(C)(C)c1ccc(-c2ccc(-c4c5ccccc5c(-c5ccc6ccccc6c5)c5ccccc45)cc2)cc1-3. The predicted molar refractivity (Wildman–Crippen MR) is 230 cm³/mol. The molecule has 2 aliphatic rings. The van der Waals surface area contributed by atoms with Crippen LogP contribution in [0, 0.1) is 0 Å². The third-order valence-electron chi connectivity index (χ3n) is 12.9. The molecule has 11 rings (SSSR count). The fraction of sp³-hybridized carbons (Fsp3) is 0.111. The topological polar surface area (TPSA) is 0 Å². The Hall–Kier alpha value is -6.24. The maximum absolute atomic E-state index is 2.53. The normalized spacial score (nSPS) is 14.6. The van der Waals surface area contributed by atoms with Gasteiger partial charge in [0.2, 0.25) is 0 Å². The van der Waals surface area contributed by atoms with Crippen molar-refractivity contribution in [2.75, 3.05) is 0 Å². The first kappa shape index (κ1) is 31.3. The van der Waals surface area contributed by atoms with E-state index in [1.165, 1.54) is 110 Å². The monoisotopic (exact) mass is 688 g/mol. The van der Waals surface area contributed by atoms with Gasteiger partial charge in [0.25, 0.3) is 0 Å². The van der Waals surface area contributed by atoms with Crippen LogP contribution in [0.2, 0.25) is 0 Å². The van der Waals surface area contributed by atoms with Gasteiger partial charge in [0.05, 0.1) is 0 Å². The number of hydrogen-bond acceptors (Lipinski definition) is 0. The molecule has 0 heteroatoms. The van der Waals surface area contributed by atoms with E-state index in [0.717, 1.165) is 0 Å². The van der Waals surface area contributed by atoms with Crippen LogP contribution in [0.15, 0.2) is 170 Å². The van der Waals surface area contributed by atoms with Crippen molar-refractivity contribution in [1.29, 1.82) is 0 Å². The Morgan fingerprint density at radius 1 is 0.278 bits per heavy atom. The van der Waals surface area contributed by atoms with Crippen LogP contribution in [0.3, 0.4) is 0 Å². The molecule has 0 aromatic heterocycles. The minimum absolute atomic E-state index is 0.00781. The molecule has 0 unspecified atom stereocenters. The lowest BCUT2D eigenvalue weighted by molar-refractivity contribution is 0.639. The Labute approximate surface area is 317 Å². The second kappa shape index (κ2) is 11.1. The van der Waals surface area contributed by atoms with Crippen molar-refractivity contribution in [2.45, 2.75) is 38.5 Å². The minimum atomic E-state index is -0.0614. The number of benzene rings is 9. The lowest BCUT2D eigenvalue weighted by atomic mass is 9.77. The zero-order valence-electron chi connectivity index (χ0n) is 31.2. The molecule has 0 bridgehead atoms. The average molecular weight is 689 g/mol. The molecule has 256 valence electrons. The zero-order valence-corrected chi connectivity index (χ0v) is 31.2. The molecule has 54 heavy (non-hydrogen) atoms. The van der Waals surface area contributed by atoms with Crippen molar-refractivity contribution >= 4 is 32.3 Å². The fourth-order valence-electron chi connectivity index (χ4n) is 10.0. The van der Waals surface area contributed by atoms with Crippen molar-refractivity contribution in [1.82, 2.24) is 0 Å². The summed E-state index contributed by atoms with van der Waals surface area (Å²) in [6.45, 7) is 9.55. The average Bonchev–Trinajstić information content (AvgIpc) is 3.57. The quantitative estimate of drug-likeness (QED) is 0.162. The highest BCUT2D eigenvalue weighted by atomic mass is 14.4. The van der Waals surface area contributed by atoms with Crippen LogP contribution in [0.5, 0.6) is 0 Å². The molecular weight excluding hydrogens is 649 g/mol. The van der Waals surface area contributed by atoms with E-state index < -0.39 is 0 Å². The molecule has 0 aliphatic heterocycles.